The van der Waals surface area contributed by atoms with Crippen LogP contribution in [0.25, 0.3) is 10.8 Å². The second kappa shape index (κ2) is 10.3. The highest BCUT2D eigenvalue weighted by Crippen LogP contribution is 2.40. The van der Waals surface area contributed by atoms with Crippen LogP contribution >= 0.6 is 0 Å². The zero-order valence-corrected chi connectivity index (χ0v) is 21.3. The normalized spacial score (nSPS) is 22.1. The molecule has 0 saturated carbocycles. The number of aromatic nitrogens is 1. The van der Waals surface area contributed by atoms with Crippen molar-refractivity contribution in [3.8, 4) is 0 Å². The van der Waals surface area contributed by atoms with Crippen LogP contribution in [0, 0.1) is 5.82 Å². The Balaban J connectivity index is 1.45. The van der Waals surface area contributed by atoms with Gasteiger partial charge < -0.3 is 4.90 Å². The van der Waals surface area contributed by atoms with E-state index in [1.165, 1.54) is 12.1 Å². The minimum absolute atomic E-state index is 0.108. The molecule has 8 heteroatoms. The highest BCUT2D eigenvalue weighted by Gasteiger charge is 2.48. The lowest BCUT2D eigenvalue weighted by Crippen LogP contribution is -2.54. The Bertz CT molecular complexity index is 1350. The molecule has 190 valence electrons. The van der Waals surface area contributed by atoms with E-state index in [2.05, 4.69) is 4.98 Å². The van der Waals surface area contributed by atoms with Crippen LogP contribution in [0.1, 0.15) is 61.5 Å². The number of carbonyl (C=O) groups excluding carboxylic acids is 1. The van der Waals surface area contributed by atoms with Crippen molar-refractivity contribution in [3.05, 3.63) is 77.9 Å². The lowest BCUT2D eigenvalue weighted by Gasteiger charge is -2.42. The number of hydrogen-bond acceptors (Lipinski definition) is 4. The monoisotopic (exact) mass is 509 g/mol. The van der Waals surface area contributed by atoms with Gasteiger partial charge in [0.2, 0.25) is 10.0 Å². The van der Waals surface area contributed by atoms with E-state index in [-0.39, 0.29) is 42.1 Å². The predicted molar refractivity (Wildman–Crippen MR) is 138 cm³/mol. The molecule has 2 aromatic carbocycles. The minimum Gasteiger partial charge on any atom is -0.330 e. The molecule has 2 bridgehead atoms. The number of nitrogens with zero attached hydrogens (tertiary/aromatic N) is 3. The van der Waals surface area contributed by atoms with Gasteiger partial charge in [-0.1, -0.05) is 49.7 Å². The summed E-state index contributed by atoms with van der Waals surface area (Å²) in [5, 5.41) is 1.88. The van der Waals surface area contributed by atoms with Crippen molar-refractivity contribution in [3.63, 3.8) is 0 Å². The quantitative estimate of drug-likeness (QED) is 0.422. The maximum Gasteiger partial charge on any atom is 0.273 e. The summed E-state index contributed by atoms with van der Waals surface area (Å²) in [5.74, 6) is -0.383. The number of benzene rings is 2. The van der Waals surface area contributed by atoms with Crippen molar-refractivity contribution in [2.75, 3.05) is 5.75 Å². The van der Waals surface area contributed by atoms with Crippen LogP contribution in [0.15, 0.2) is 60.8 Å². The fraction of sp³-hybridized carbons (Fsp3) is 0.429. The first-order valence-corrected chi connectivity index (χ1v) is 14.4. The zero-order chi connectivity index (χ0) is 25.3. The fourth-order valence-corrected chi connectivity index (χ4v) is 7.95. The molecule has 1 amide bonds. The first-order chi connectivity index (χ1) is 17.4. The third kappa shape index (κ3) is 5.02. The summed E-state index contributed by atoms with van der Waals surface area (Å²) in [5.41, 5.74) is 1.05. The molecule has 3 heterocycles. The molecule has 2 atom stereocenters. The standard InChI is InChI=1S/C28H32FN3O3S/c1-2-3-13-36(34,35)32-24-11-12-25(32)17-26(16-24)31(19-20-7-6-10-23(29)14-20)28(33)27-15-21-8-4-5-9-22(21)18-30-27/h4-10,14-15,18,24-26H,2-3,11-13,16-17,19H2,1H3. The topological polar surface area (TPSA) is 70.6 Å². The Labute approximate surface area is 212 Å². The smallest absolute Gasteiger partial charge is 0.273 e. The van der Waals surface area contributed by atoms with E-state index in [1.54, 1.807) is 27.5 Å². The lowest BCUT2D eigenvalue weighted by atomic mass is 9.96. The van der Waals surface area contributed by atoms with E-state index in [9.17, 15) is 17.6 Å². The number of unbranched alkanes of at least 4 members (excludes halogenated alkanes) is 1. The second-order valence-corrected chi connectivity index (χ2v) is 12.0. The molecule has 5 rings (SSSR count). The van der Waals surface area contributed by atoms with E-state index >= 15 is 0 Å². The Hall–Kier alpha value is -2.84. The number of piperidine rings is 1. The summed E-state index contributed by atoms with van der Waals surface area (Å²) in [6, 6.07) is 15.5. The van der Waals surface area contributed by atoms with Gasteiger partial charge in [-0.25, -0.2) is 12.8 Å². The molecule has 36 heavy (non-hydrogen) atoms. The van der Waals surface area contributed by atoms with Crippen LogP contribution in [0.4, 0.5) is 4.39 Å². The number of carbonyl (C=O) groups is 1. The molecule has 2 aliphatic heterocycles. The van der Waals surface area contributed by atoms with Crippen molar-refractivity contribution in [1.82, 2.24) is 14.2 Å². The third-order valence-corrected chi connectivity index (χ3v) is 9.56. The largest absolute Gasteiger partial charge is 0.330 e. The van der Waals surface area contributed by atoms with Crippen LogP contribution < -0.4 is 0 Å². The molecule has 3 aromatic rings. The van der Waals surface area contributed by atoms with Gasteiger partial charge in [-0.05, 0) is 61.3 Å². The van der Waals surface area contributed by atoms with E-state index in [0.29, 0.717) is 30.5 Å². The SMILES string of the molecule is CCCCS(=O)(=O)N1C2CCC1CC(N(Cc1cccc(F)c1)C(=O)c1cc3ccccc3cn1)C2. The van der Waals surface area contributed by atoms with Gasteiger partial charge in [0.15, 0.2) is 0 Å². The number of fused-ring (bicyclic) bond motifs is 3. The molecule has 2 fully saturated rings. The van der Waals surface area contributed by atoms with E-state index < -0.39 is 10.0 Å². The maximum atomic E-state index is 14.0. The highest BCUT2D eigenvalue weighted by molar-refractivity contribution is 7.89. The minimum atomic E-state index is -3.32. The molecule has 0 radical (unpaired) electrons. The van der Waals surface area contributed by atoms with Crippen LogP contribution in [0.2, 0.25) is 0 Å². The molecule has 2 aliphatic rings. The Kier molecular flexibility index (Phi) is 7.08. The molecule has 2 unspecified atom stereocenters. The molecule has 0 spiro atoms. The van der Waals surface area contributed by atoms with Gasteiger partial charge in [0.05, 0.1) is 5.75 Å². The first-order valence-electron chi connectivity index (χ1n) is 12.8. The van der Waals surface area contributed by atoms with Crippen LogP contribution in [-0.2, 0) is 16.6 Å². The average molecular weight is 510 g/mol. The third-order valence-electron chi connectivity index (χ3n) is 7.51. The average Bonchev–Trinajstić information content (AvgIpc) is 3.16. The van der Waals surface area contributed by atoms with Gasteiger partial charge in [-0.3, -0.25) is 9.78 Å². The van der Waals surface area contributed by atoms with E-state index in [4.69, 9.17) is 0 Å². The van der Waals surface area contributed by atoms with E-state index in [0.717, 1.165) is 30.0 Å². The number of amides is 1. The van der Waals surface area contributed by atoms with Gasteiger partial charge in [-0.15, -0.1) is 0 Å². The van der Waals surface area contributed by atoms with Crippen molar-refractivity contribution < 1.29 is 17.6 Å². The van der Waals surface area contributed by atoms with Crippen LogP contribution in [0.3, 0.4) is 0 Å². The van der Waals surface area contributed by atoms with Crippen molar-refractivity contribution in [2.45, 2.75) is 70.1 Å². The molecule has 2 saturated heterocycles. The predicted octanol–water partition coefficient (Wildman–Crippen LogP) is 5.14. The first kappa shape index (κ1) is 24.8. The number of hydrogen-bond donors (Lipinski definition) is 0. The summed E-state index contributed by atoms with van der Waals surface area (Å²) in [6.07, 6.45) is 5.97. The van der Waals surface area contributed by atoms with E-state index in [1.807, 2.05) is 37.3 Å². The fourth-order valence-electron chi connectivity index (χ4n) is 5.79. The van der Waals surface area contributed by atoms with Crippen LogP contribution in [-0.4, -0.2) is 52.4 Å². The Morgan fingerprint density at radius 1 is 1.06 bits per heavy atom. The zero-order valence-electron chi connectivity index (χ0n) is 20.5. The summed E-state index contributed by atoms with van der Waals surface area (Å²) in [7, 11) is -3.32. The molecular formula is C28H32FN3O3S. The molecule has 6 nitrogen and oxygen atoms in total. The molecular weight excluding hydrogens is 477 g/mol. The Morgan fingerprint density at radius 2 is 1.78 bits per heavy atom. The van der Waals surface area contributed by atoms with Crippen molar-refractivity contribution in [1.29, 1.82) is 0 Å². The molecule has 1 aromatic heterocycles. The van der Waals surface area contributed by atoms with Crippen molar-refractivity contribution >= 4 is 26.7 Å². The van der Waals surface area contributed by atoms with Gasteiger partial charge in [-0.2, -0.15) is 4.31 Å². The highest BCUT2D eigenvalue weighted by atomic mass is 32.2. The Morgan fingerprint density at radius 3 is 2.47 bits per heavy atom. The molecule has 0 aliphatic carbocycles. The lowest BCUT2D eigenvalue weighted by molar-refractivity contribution is 0.0529. The van der Waals surface area contributed by atoms with Gasteiger partial charge in [0, 0.05) is 36.3 Å². The number of sulfonamides is 1. The summed E-state index contributed by atoms with van der Waals surface area (Å²) >= 11 is 0. The number of halogens is 1. The summed E-state index contributed by atoms with van der Waals surface area (Å²) in [6.45, 7) is 2.24. The molecule has 0 N–H and O–H groups in total. The van der Waals surface area contributed by atoms with Gasteiger partial charge in [0.25, 0.3) is 5.91 Å². The number of pyridine rings is 1. The van der Waals surface area contributed by atoms with Gasteiger partial charge >= 0.3 is 0 Å². The van der Waals surface area contributed by atoms with Crippen molar-refractivity contribution in [2.24, 2.45) is 0 Å². The summed E-state index contributed by atoms with van der Waals surface area (Å²) in [4.78, 5) is 20.1. The summed E-state index contributed by atoms with van der Waals surface area (Å²) < 4.78 is 41.9. The second-order valence-electron chi connectivity index (χ2n) is 9.99. The maximum absolute atomic E-state index is 14.0. The van der Waals surface area contributed by atoms with Crippen LogP contribution in [0.5, 0.6) is 0 Å². The van der Waals surface area contributed by atoms with Gasteiger partial charge in [0.1, 0.15) is 11.5 Å². The number of rotatable bonds is 8.